The minimum Gasteiger partial charge on any atom is -0.396 e. The Morgan fingerprint density at radius 2 is 1.65 bits per heavy atom. The average molecular weight is 512 g/mol. The number of aliphatic hydroxyl groups is 3. The molecule has 2 unspecified atom stereocenters. The molecule has 0 bridgehead atoms. The lowest BCUT2D eigenvalue weighted by molar-refractivity contribution is -0.130. The molecule has 2 amide bonds. The van der Waals surface area contributed by atoms with Gasteiger partial charge in [0.15, 0.2) is 0 Å². The van der Waals surface area contributed by atoms with Crippen LogP contribution in [-0.2, 0) is 22.6 Å². The number of aromatic amines is 1. The summed E-state index contributed by atoms with van der Waals surface area (Å²) in [4.78, 5) is 29.6. The minimum atomic E-state index is -1.16. The number of amides is 2. The van der Waals surface area contributed by atoms with Crippen molar-refractivity contribution in [1.29, 1.82) is 0 Å². The topological polar surface area (TPSA) is 187 Å². The highest BCUT2D eigenvalue weighted by molar-refractivity contribution is 5.90. The summed E-state index contributed by atoms with van der Waals surface area (Å²) in [7, 11) is 0. The molecular formula is C27H37N5O5. The molecule has 10 nitrogen and oxygen atoms in total. The normalized spacial score (nSPS) is 15.5. The summed E-state index contributed by atoms with van der Waals surface area (Å²) in [5.41, 5.74) is 14.5. The van der Waals surface area contributed by atoms with Gasteiger partial charge in [-0.25, -0.2) is 0 Å². The second kappa shape index (κ2) is 13.9. The molecule has 3 aromatic rings. The zero-order valence-corrected chi connectivity index (χ0v) is 20.7. The molecule has 0 spiro atoms. The van der Waals surface area contributed by atoms with E-state index in [1.54, 1.807) is 0 Å². The number of hydrogen-bond acceptors (Lipinski definition) is 7. The van der Waals surface area contributed by atoms with Gasteiger partial charge in [-0.05, 0) is 42.0 Å². The summed E-state index contributed by atoms with van der Waals surface area (Å²) in [5, 5.41) is 35.7. The minimum absolute atomic E-state index is 0.0530. The molecule has 37 heavy (non-hydrogen) atoms. The number of benzene rings is 2. The van der Waals surface area contributed by atoms with E-state index in [2.05, 4.69) is 15.6 Å². The van der Waals surface area contributed by atoms with E-state index in [0.29, 0.717) is 6.54 Å². The van der Waals surface area contributed by atoms with Crippen LogP contribution < -0.4 is 22.1 Å². The Morgan fingerprint density at radius 3 is 2.30 bits per heavy atom. The van der Waals surface area contributed by atoms with E-state index in [-0.39, 0.29) is 25.3 Å². The Morgan fingerprint density at radius 1 is 0.946 bits per heavy atom. The number of nitrogens with one attached hydrogen (secondary N) is 3. The molecule has 3 rings (SSSR count). The molecule has 1 heterocycles. The highest BCUT2D eigenvalue weighted by Crippen LogP contribution is 2.19. The fourth-order valence-electron chi connectivity index (χ4n) is 4.35. The Bertz CT molecular complexity index is 1110. The van der Waals surface area contributed by atoms with Crippen LogP contribution in [0.15, 0.2) is 60.7 Å². The summed E-state index contributed by atoms with van der Waals surface area (Å²) in [6, 6.07) is 17.0. The molecule has 1 aromatic heterocycles. The van der Waals surface area contributed by atoms with E-state index < -0.39 is 49.1 Å². The lowest BCUT2D eigenvalue weighted by Gasteiger charge is -2.28. The first-order valence-electron chi connectivity index (χ1n) is 12.4. The largest absolute Gasteiger partial charge is 0.396 e. The SMILES string of the molecule is NCC(CC(CO)[C@@H](N)C(=O)N[C@@H](Cc1cc2ccccc2[nH]1)C(=O)NCc1ccccc1)[C@@H](O)CO. The number of hydrogen-bond donors (Lipinski definition) is 8. The number of carbonyl (C=O) groups excluding carboxylic acids is 2. The molecular weight excluding hydrogens is 474 g/mol. The highest BCUT2D eigenvalue weighted by atomic mass is 16.3. The maximum absolute atomic E-state index is 13.2. The molecule has 200 valence electrons. The fourth-order valence-corrected chi connectivity index (χ4v) is 4.35. The van der Waals surface area contributed by atoms with Crippen LogP contribution in [-0.4, -0.2) is 70.1 Å². The zero-order valence-electron chi connectivity index (χ0n) is 20.7. The molecule has 0 radical (unpaired) electrons. The van der Waals surface area contributed by atoms with E-state index >= 15 is 0 Å². The number of nitrogens with two attached hydrogens (primary N) is 2. The number of para-hydroxylation sites is 1. The molecule has 10 N–H and O–H groups in total. The van der Waals surface area contributed by atoms with Crippen molar-refractivity contribution in [3.8, 4) is 0 Å². The van der Waals surface area contributed by atoms with Crippen molar-refractivity contribution in [2.75, 3.05) is 19.8 Å². The smallest absolute Gasteiger partial charge is 0.243 e. The summed E-state index contributed by atoms with van der Waals surface area (Å²) < 4.78 is 0. The van der Waals surface area contributed by atoms with Crippen molar-refractivity contribution >= 4 is 22.7 Å². The van der Waals surface area contributed by atoms with Crippen LogP contribution in [0.2, 0.25) is 0 Å². The molecule has 2 aromatic carbocycles. The molecule has 10 heteroatoms. The predicted molar refractivity (Wildman–Crippen MR) is 141 cm³/mol. The summed E-state index contributed by atoms with van der Waals surface area (Å²) >= 11 is 0. The standard InChI is InChI=1S/C27H37N5O5/c28-13-19(24(35)16-34)10-20(15-33)25(29)27(37)32-23(26(36)30-14-17-6-2-1-3-7-17)12-21-11-18-8-4-5-9-22(18)31-21/h1-9,11,19-20,23-25,31,33-35H,10,12-16,28-29H2,(H,30,36)(H,32,37)/t19?,20?,23-,24-,25+/m0/s1. The van der Waals surface area contributed by atoms with Gasteiger partial charge in [0, 0.05) is 36.7 Å². The maximum Gasteiger partial charge on any atom is 0.243 e. The first-order valence-corrected chi connectivity index (χ1v) is 12.4. The maximum atomic E-state index is 13.2. The molecule has 0 saturated heterocycles. The molecule has 5 atom stereocenters. The van der Waals surface area contributed by atoms with Crippen LogP contribution in [0.5, 0.6) is 0 Å². The monoisotopic (exact) mass is 511 g/mol. The van der Waals surface area contributed by atoms with Crippen LogP contribution in [0.1, 0.15) is 17.7 Å². The van der Waals surface area contributed by atoms with Gasteiger partial charge in [-0.15, -0.1) is 0 Å². The van der Waals surface area contributed by atoms with E-state index in [1.807, 2.05) is 60.7 Å². The van der Waals surface area contributed by atoms with Crippen molar-refractivity contribution in [2.24, 2.45) is 23.3 Å². The van der Waals surface area contributed by atoms with Crippen molar-refractivity contribution < 1.29 is 24.9 Å². The van der Waals surface area contributed by atoms with Gasteiger partial charge < -0.3 is 42.4 Å². The third-order valence-electron chi connectivity index (χ3n) is 6.64. The molecule has 0 saturated carbocycles. The second-order valence-electron chi connectivity index (χ2n) is 9.30. The summed E-state index contributed by atoms with van der Waals surface area (Å²) in [6.45, 7) is -0.565. The van der Waals surface area contributed by atoms with Crippen molar-refractivity contribution in [3.05, 3.63) is 71.9 Å². The summed E-state index contributed by atoms with van der Waals surface area (Å²) in [6.07, 6.45) is -0.754. The number of rotatable bonds is 14. The van der Waals surface area contributed by atoms with E-state index in [9.17, 15) is 24.9 Å². The van der Waals surface area contributed by atoms with Gasteiger partial charge in [-0.2, -0.15) is 0 Å². The lowest BCUT2D eigenvalue weighted by atomic mass is 9.86. The van der Waals surface area contributed by atoms with Crippen LogP contribution in [0, 0.1) is 11.8 Å². The first kappa shape index (κ1) is 28.3. The van der Waals surface area contributed by atoms with Crippen LogP contribution in [0.3, 0.4) is 0 Å². The van der Waals surface area contributed by atoms with Crippen LogP contribution in [0.25, 0.3) is 10.9 Å². The van der Waals surface area contributed by atoms with Gasteiger partial charge in [0.1, 0.15) is 6.04 Å². The van der Waals surface area contributed by atoms with Crippen molar-refractivity contribution in [2.45, 2.75) is 37.6 Å². The van der Waals surface area contributed by atoms with Crippen molar-refractivity contribution in [1.82, 2.24) is 15.6 Å². The van der Waals surface area contributed by atoms with E-state index in [4.69, 9.17) is 11.5 Å². The number of carbonyl (C=O) groups is 2. The zero-order chi connectivity index (χ0) is 26.8. The predicted octanol–water partition coefficient (Wildman–Crippen LogP) is -0.234. The van der Waals surface area contributed by atoms with Gasteiger partial charge >= 0.3 is 0 Å². The third kappa shape index (κ3) is 7.85. The number of aromatic nitrogens is 1. The highest BCUT2D eigenvalue weighted by Gasteiger charge is 2.31. The second-order valence-corrected chi connectivity index (χ2v) is 9.30. The average Bonchev–Trinajstić information content (AvgIpc) is 3.34. The quantitative estimate of drug-likeness (QED) is 0.147. The van der Waals surface area contributed by atoms with Crippen LogP contribution >= 0.6 is 0 Å². The molecule has 0 fully saturated rings. The number of H-pyrrole nitrogens is 1. The molecule has 0 aliphatic rings. The number of aliphatic hydroxyl groups excluding tert-OH is 3. The van der Waals surface area contributed by atoms with Gasteiger partial charge in [0.25, 0.3) is 0 Å². The first-order chi connectivity index (χ1) is 17.9. The Balaban J connectivity index is 1.74. The summed E-state index contributed by atoms with van der Waals surface area (Å²) in [5.74, 6) is -2.25. The van der Waals surface area contributed by atoms with Gasteiger partial charge in [-0.1, -0.05) is 48.5 Å². The van der Waals surface area contributed by atoms with E-state index in [0.717, 1.165) is 22.2 Å². The van der Waals surface area contributed by atoms with E-state index in [1.165, 1.54) is 0 Å². The number of fused-ring (bicyclic) bond motifs is 1. The van der Waals surface area contributed by atoms with Crippen LogP contribution in [0.4, 0.5) is 0 Å². The van der Waals surface area contributed by atoms with Gasteiger partial charge in [-0.3, -0.25) is 9.59 Å². The Kier molecular flexibility index (Phi) is 10.6. The Hall–Kier alpha value is -3.28. The fraction of sp³-hybridized carbons (Fsp3) is 0.407. The third-order valence-corrected chi connectivity index (χ3v) is 6.64. The van der Waals surface area contributed by atoms with Gasteiger partial charge in [0.2, 0.25) is 11.8 Å². The van der Waals surface area contributed by atoms with Crippen molar-refractivity contribution in [3.63, 3.8) is 0 Å². The molecule has 0 aliphatic carbocycles. The molecule has 0 aliphatic heterocycles. The lowest BCUT2D eigenvalue weighted by Crippen LogP contribution is -2.55. The van der Waals surface area contributed by atoms with Gasteiger partial charge in [0.05, 0.1) is 18.8 Å². The Labute approximate surface area is 216 Å².